The molecule has 3 rings (SSSR count). The molecule has 0 spiro atoms. The van der Waals surface area contributed by atoms with Gasteiger partial charge in [-0.15, -0.1) is 0 Å². The molecule has 0 unspecified atom stereocenters. The first-order valence-corrected chi connectivity index (χ1v) is 9.92. The minimum Gasteiger partial charge on any atom is -0.468 e. The van der Waals surface area contributed by atoms with Crippen molar-refractivity contribution in [3.05, 3.63) is 48.4 Å². The zero-order valence-electron chi connectivity index (χ0n) is 14.7. The van der Waals surface area contributed by atoms with Gasteiger partial charge in [0.1, 0.15) is 5.76 Å². The largest absolute Gasteiger partial charge is 0.468 e. The van der Waals surface area contributed by atoms with Gasteiger partial charge in [0.25, 0.3) is 5.91 Å². The zero-order valence-corrected chi connectivity index (χ0v) is 15.5. The molecule has 1 heterocycles. The van der Waals surface area contributed by atoms with Crippen molar-refractivity contribution in [1.82, 2.24) is 4.72 Å². The summed E-state index contributed by atoms with van der Waals surface area (Å²) >= 11 is 0. The van der Waals surface area contributed by atoms with E-state index in [1.807, 2.05) is 6.92 Å². The number of ether oxygens (including phenoxy) is 1. The van der Waals surface area contributed by atoms with Crippen LogP contribution < -0.4 is 10.0 Å². The van der Waals surface area contributed by atoms with Crippen molar-refractivity contribution in [1.29, 1.82) is 0 Å². The second-order valence-corrected chi connectivity index (χ2v) is 8.17. The normalized spacial score (nSPS) is 18.7. The maximum atomic E-state index is 12.4. The lowest BCUT2D eigenvalue weighted by molar-refractivity contribution is -0.148. The van der Waals surface area contributed by atoms with Crippen LogP contribution in [-0.2, 0) is 30.9 Å². The van der Waals surface area contributed by atoms with Crippen LogP contribution in [0, 0.1) is 11.8 Å². The molecule has 0 bridgehead atoms. The lowest BCUT2D eigenvalue weighted by atomic mass is 10.3. The van der Waals surface area contributed by atoms with Crippen LogP contribution in [0.5, 0.6) is 0 Å². The third-order valence-electron chi connectivity index (χ3n) is 4.20. The van der Waals surface area contributed by atoms with Gasteiger partial charge >= 0.3 is 5.97 Å². The van der Waals surface area contributed by atoms with Crippen LogP contribution in [0.15, 0.2) is 52.0 Å². The first-order valence-electron chi connectivity index (χ1n) is 8.44. The lowest BCUT2D eigenvalue weighted by Gasteiger charge is -2.09. The van der Waals surface area contributed by atoms with E-state index < -0.39 is 22.5 Å². The average molecular weight is 392 g/mol. The first-order chi connectivity index (χ1) is 12.8. The quantitative estimate of drug-likeness (QED) is 0.663. The molecule has 2 N–H and O–H groups in total. The van der Waals surface area contributed by atoms with Crippen molar-refractivity contribution in [2.24, 2.45) is 11.8 Å². The molecule has 0 radical (unpaired) electrons. The number of amides is 1. The Balaban J connectivity index is 1.55. The highest BCUT2D eigenvalue weighted by molar-refractivity contribution is 7.89. The van der Waals surface area contributed by atoms with Crippen LogP contribution in [-0.4, -0.2) is 26.9 Å². The Morgan fingerprint density at radius 3 is 2.70 bits per heavy atom. The Bertz CT molecular complexity index is 923. The van der Waals surface area contributed by atoms with Gasteiger partial charge in [-0.25, -0.2) is 13.1 Å². The highest BCUT2D eigenvalue weighted by atomic mass is 32.2. The van der Waals surface area contributed by atoms with Crippen molar-refractivity contribution >= 4 is 27.6 Å². The molecule has 1 aromatic carbocycles. The summed E-state index contributed by atoms with van der Waals surface area (Å²) in [5.41, 5.74) is 0.289. The van der Waals surface area contributed by atoms with E-state index in [2.05, 4.69) is 10.0 Å². The fourth-order valence-electron chi connectivity index (χ4n) is 2.49. The lowest BCUT2D eigenvalue weighted by Crippen LogP contribution is -2.24. The molecule has 1 amide bonds. The topological polar surface area (TPSA) is 115 Å². The van der Waals surface area contributed by atoms with Gasteiger partial charge < -0.3 is 14.5 Å². The minimum absolute atomic E-state index is 0.00402. The molecule has 144 valence electrons. The third kappa shape index (κ3) is 5.18. The molecule has 0 saturated heterocycles. The number of furan rings is 1. The van der Waals surface area contributed by atoms with Gasteiger partial charge in [-0.1, -0.05) is 13.0 Å². The van der Waals surface area contributed by atoms with Crippen molar-refractivity contribution in [3.63, 3.8) is 0 Å². The summed E-state index contributed by atoms with van der Waals surface area (Å²) in [6, 6.07) is 9.12. The van der Waals surface area contributed by atoms with Gasteiger partial charge in [-0.3, -0.25) is 9.59 Å². The van der Waals surface area contributed by atoms with E-state index in [9.17, 15) is 18.0 Å². The number of nitrogens with one attached hydrogen (secondary N) is 2. The van der Waals surface area contributed by atoms with Crippen LogP contribution in [0.3, 0.4) is 0 Å². The van der Waals surface area contributed by atoms with Gasteiger partial charge in [-0.05, 0) is 42.7 Å². The molecule has 9 heteroatoms. The molecule has 1 aliphatic rings. The van der Waals surface area contributed by atoms with Gasteiger partial charge in [0.15, 0.2) is 6.61 Å². The predicted molar refractivity (Wildman–Crippen MR) is 96.0 cm³/mol. The molecule has 2 atom stereocenters. The number of sulfonamides is 1. The van der Waals surface area contributed by atoms with Gasteiger partial charge in [0.2, 0.25) is 10.0 Å². The fourth-order valence-corrected chi connectivity index (χ4v) is 3.53. The standard InChI is InChI=1S/C18H20N2O6S/c1-12-8-16(12)18(22)26-11-17(21)20-13-4-2-6-15(9-13)27(23,24)19-10-14-5-3-7-25-14/h2-7,9,12,16,19H,8,10-11H2,1H3,(H,20,21)/t12-,16+/m0/s1. The Labute approximate surface area is 156 Å². The Morgan fingerprint density at radius 1 is 1.26 bits per heavy atom. The van der Waals surface area contributed by atoms with Crippen molar-refractivity contribution < 1.29 is 27.2 Å². The molecule has 1 fully saturated rings. The second kappa shape index (κ2) is 7.93. The average Bonchev–Trinajstić information content (AvgIpc) is 3.15. The summed E-state index contributed by atoms with van der Waals surface area (Å²) in [6.45, 7) is 1.55. The second-order valence-electron chi connectivity index (χ2n) is 6.41. The Hall–Kier alpha value is -2.65. The minimum atomic E-state index is -3.78. The van der Waals surface area contributed by atoms with E-state index in [-0.39, 0.29) is 29.0 Å². The van der Waals surface area contributed by atoms with E-state index in [0.717, 1.165) is 6.42 Å². The van der Waals surface area contributed by atoms with Crippen molar-refractivity contribution in [3.8, 4) is 0 Å². The molecule has 1 aromatic heterocycles. The van der Waals surface area contributed by atoms with E-state index in [4.69, 9.17) is 9.15 Å². The molecule has 1 saturated carbocycles. The number of hydrogen-bond acceptors (Lipinski definition) is 6. The Kier molecular flexibility index (Phi) is 5.62. The molecule has 0 aliphatic heterocycles. The summed E-state index contributed by atoms with van der Waals surface area (Å²) < 4.78 is 37.2. The number of rotatable bonds is 8. The third-order valence-corrected chi connectivity index (χ3v) is 5.60. The van der Waals surface area contributed by atoms with Gasteiger partial charge in [-0.2, -0.15) is 0 Å². The zero-order chi connectivity index (χ0) is 19.4. The van der Waals surface area contributed by atoms with E-state index in [1.165, 1.54) is 24.5 Å². The van der Waals surface area contributed by atoms with Gasteiger partial charge in [0.05, 0.1) is 23.6 Å². The number of carbonyl (C=O) groups excluding carboxylic acids is 2. The van der Waals surface area contributed by atoms with Crippen LogP contribution in [0.25, 0.3) is 0 Å². The van der Waals surface area contributed by atoms with Crippen LogP contribution in [0.1, 0.15) is 19.1 Å². The summed E-state index contributed by atoms with van der Waals surface area (Å²) in [7, 11) is -3.78. The molecular formula is C18H20N2O6S. The number of anilines is 1. The van der Waals surface area contributed by atoms with Crippen LogP contribution in [0.4, 0.5) is 5.69 Å². The highest BCUT2D eigenvalue weighted by Gasteiger charge is 2.40. The maximum absolute atomic E-state index is 12.4. The van der Waals surface area contributed by atoms with E-state index >= 15 is 0 Å². The molecule has 1 aliphatic carbocycles. The monoisotopic (exact) mass is 392 g/mol. The van der Waals surface area contributed by atoms with E-state index in [1.54, 1.807) is 18.2 Å². The molecule has 27 heavy (non-hydrogen) atoms. The first kappa shape index (κ1) is 19.1. The van der Waals surface area contributed by atoms with E-state index in [0.29, 0.717) is 11.7 Å². The summed E-state index contributed by atoms with van der Waals surface area (Å²) in [5, 5.41) is 2.52. The number of carbonyl (C=O) groups is 2. The highest BCUT2D eigenvalue weighted by Crippen LogP contribution is 2.38. The Morgan fingerprint density at radius 2 is 2.04 bits per heavy atom. The fraction of sp³-hybridized carbons (Fsp3) is 0.333. The summed E-state index contributed by atoms with van der Waals surface area (Å²) in [5.74, 6) is -0.247. The number of benzene rings is 1. The smallest absolute Gasteiger partial charge is 0.309 e. The number of esters is 1. The predicted octanol–water partition coefficient (Wildman–Crippen LogP) is 1.90. The SMILES string of the molecule is C[C@H]1C[C@H]1C(=O)OCC(=O)Nc1cccc(S(=O)(=O)NCc2ccco2)c1. The van der Waals surface area contributed by atoms with Crippen molar-refractivity contribution in [2.45, 2.75) is 24.8 Å². The molecule has 8 nitrogen and oxygen atoms in total. The van der Waals surface area contributed by atoms with Gasteiger partial charge in [0, 0.05) is 5.69 Å². The van der Waals surface area contributed by atoms with Crippen LogP contribution in [0.2, 0.25) is 0 Å². The summed E-state index contributed by atoms with van der Waals surface area (Å²) in [6.07, 6.45) is 2.24. The summed E-state index contributed by atoms with van der Waals surface area (Å²) in [4.78, 5) is 23.5. The van der Waals surface area contributed by atoms with Crippen molar-refractivity contribution in [2.75, 3.05) is 11.9 Å². The van der Waals surface area contributed by atoms with Crippen LogP contribution >= 0.6 is 0 Å². The maximum Gasteiger partial charge on any atom is 0.309 e. The molecular weight excluding hydrogens is 372 g/mol. The molecule has 2 aromatic rings. The number of hydrogen-bond donors (Lipinski definition) is 2.